The van der Waals surface area contributed by atoms with E-state index in [0.29, 0.717) is 24.6 Å². The van der Waals surface area contributed by atoms with Crippen molar-refractivity contribution in [2.45, 2.75) is 39.5 Å². The second-order valence-corrected chi connectivity index (χ2v) is 6.51. The van der Waals surface area contributed by atoms with Gasteiger partial charge in [0, 0.05) is 13.1 Å². The maximum atomic E-state index is 12.4. The highest BCUT2D eigenvalue weighted by atomic mass is 16.5. The molecular formula is C18H24N2O4. The maximum absolute atomic E-state index is 12.4. The largest absolute Gasteiger partial charge is 0.452 e. The topological polar surface area (TPSA) is 75.7 Å². The van der Waals surface area contributed by atoms with Crippen molar-refractivity contribution >= 4 is 17.9 Å². The Kier molecular flexibility index (Phi) is 5.59. The number of urea groups is 1. The number of hydrogen-bond donors (Lipinski definition) is 1. The Morgan fingerprint density at radius 2 is 1.92 bits per heavy atom. The third-order valence-electron chi connectivity index (χ3n) is 4.07. The second-order valence-electron chi connectivity index (χ2n) is 6.51. The quantitative estimate of drug-likeness (QED) is 0.841. The minimum atomic E-state index is -0.540. The monoisotopic (exact) mass is 332 g/mol. The fourth-order valence-electron chi connectivity index (χ4n) is 2.60. The van der Waals surface area contributed by atoms with Gasteiger partial charge in [-0.05, 0) is 29.0 Å². The molecule has 0 bridgehead atoms. The van der Waals surface area contributed by atoms with Gasteiger partial charge in [-0.15, -0.1) is 0 Å². The summed E-state index contributed by atoms with van der Waals surface area (Å²) in [6, 6.07) is 5.23. The molecule has 0 atom stereocenters. The number of rotatable bonds is 5. The molecule has 0 spiro atoms. The zero-order valence-corrected chi connectivity index (χ0v) is 14.6. The molecule has 3 amide bonds. The Morgan fingerprint density at radius 1 is 1.21 bits per heavy atom. The van der Waals surface area contributed by atoms with Crippen LogP contribution in [0.1, 0.15) is 61.0 Å². The van der Waals surface area contributed by atoms with E-state index in [1.165, 1.54) is 0 Å². The number of benzene rings is 1. The van der Waals surface area contributed by atoms with Crippen molar-refractivity contribution in [2.75, 3.05) is 19.7 Å². The predicted molar refractivity (Wildman–Crippen MR) is 90.0 cm³/mol. The van der Waals surface area contributed by atoms with Gasteiger partial charge in [0.15, 0.2) is 6.61 Å². The number of amides is 3. The maximum Gasteiger partial charge on any atom is 0.338 e. The van der Waals surface area contributed by atoms with Crippen LogP contribution in [0.3, 0.4) is 0 Å². The van der Waals surface area contributed by atoms with Gasteiger partial charge in [-0.2, -0.15) is 0 Å². The molecular weight excluding hydrogens is 308 g/mol. The van der Waals surface area contributed by atoms with E-state index in [-0.39, 0.29) is 5.92 Å². The summed E-state index contributed by atoms with van der Waals surface area (Å²) < 4.78 is 5.13. The number of nitrogens with one attached hydrogen (secondary N) is 1. The molecule has 1 aromatic carbocycles. The highest BCUT2D eigenvalue weighted by Gasteiger charge is 2.27. The summed E-state index contributed by atoms with van der Waals surface area (Å²) in [5, 5.41) is 2.54. The zero-order chi connectivity index (χ0) is 17.9. The molecule has 0 aliphatic carbocycles. The fourth-order valence-corrected chi connectivity index (χ4v) is 2.60. The Morgan fingerprint density at radius 3 is 2.46 bits per heavy atom. The fraction of sp³-hybridized carbons (Fsp3) is 0.500. The van der Waals surface area contributed by atoms with E-state index in [0.717, 1.165) is 16.0 Å². The van der Waals surface area contributed by atoms with E-state index < -0.39 is 24.5 Å². The van der Waals surface area contributed by atoms with Gasteiger partial charge in [0.25, 0.3) is 5.91 Å². The Balaban J connectivity index is 2.09. The van der Waals surface area contributed by atoms with E-state index in [9.17, 15) is 14.4 Å². The van der Waals surface area contributed by atoms with Gasteiger partial charge in [0.05, 0.1) is 5.56 Å². The smallest absolute Gasteiger partial charge is 0.338 e. The minimum absolute atomic E-state index is 0.159. The summed E-state index contributed by atoms with van der Waals surface area (Å²) in [5.41, 5.74) is 2.52. The molecule has 6 heteroatoms. The highest BCUT2D eigenvalue weighted by molar-refractivity contribution is 5.98. The summed E-state index contributed by atoms with van der Waals surface area (Å²) in [6.07, 6.45) is 0. The molecule has 1 saturated heterocycles. The van der Waals surface area contributed by atoms with Crippen LogP contribution in [0.5, 0.6) is 0 Å². The van der Waals surface area contributed by atoms with Gasteiger partial charge in [0.2, 0.25) is 0 Å². The average molecular weight is 332 g/mol. The van der Waals surface area contributed by atoms with Gasteiger partial charge in [-0.3, -0.25) is 9.69 Å². The van der Waals surface area contributed by atoms with E-state index in [4.69, 9.17) is 4.74 Å². The van der Waals surface area contributed by atoms with E-state index in [1.807, 2.05) is 26.0 Å². The zero-order valence-electron chi connectivity index (χ0n) is 14.6. The summed E-state index contributed by atoms with van der Waals surface area (Å²) >= 11 is 0. The summed E-state index contributed by atoms with van der Waals surface area (Å²) in [7, 11) is 0. The molecule has 1 fully saturated rings. The van der Waals surface area contributed by atoms with E-state index in [1.54, 1.807) is 6.07 Å². The van der Waals surface area contributed by atoms with Crippen molar-refractivity contribution in [3.63, 3.8) is 0 Å². The third-order valence-corrected chi connectivity index (χ3v) is 4.07. The number of hydrogen-bond acceptors (Lipinski definition) is 4. The van der Waals surface area contributed by atoms with Crippen LogP contribution < -0.4 is 5.32 Å². The van der Waals surface area contributed by atoms with Crippen LogP contribution >= 0.6 is 0 Å². The second kappa shape index (κ2) is 7.47. The highest BCUT2D eigenvalue weighted by Crippen LogP contribution is 2.25. The lowest BCUT2D eigenvalue weighted by atomic mass is 9.91. The Bertz CT molecular complexity index is 652. The third kappa shape index (κ3) is 3.93. The first kappa shape index (κ1) is 18.0. The van der Waals surface area contributed by atoms with E-state index in [2.05, 4.69) is 19.2 Å². The number of esters is 1. The van der Waals surface area contributed by atoms with Gasteiger partial charge in [-0.1, -0.05) is 39.8 Å². The first-order valence-electron chi connectivity index (χ1n) is 8.20. The molecule has 1 heterocycles. The molecule has 1 N–H and O–H groups in total. The van der Waals surface area contributed by atoms with Crippen LogP contribution in [0, 0.1) is 0 Å². The van der Waals surface area contributed by atoms with Crippen LogP contribution in [0.2, 0.25) is 0 Å². The van der Waals surface area contributed by atoms with Gasteiger partial charge in [0.1, 0.15) is 0 Å². The molecule has 1 aromatic rings. The molecule has 0 saturated carbocycles. The van der Waals surface area contributed by atoms with Gasteiger partial charge in [-0.25, -0.2) is 9.59 Å². The molecule has 24 heavy (non-hydrogen) atoms. The summed E-state index contributed by atoms with van der Waals surface area (Å²) in [4.78, 5) is 36.8. The molecule has 1 aliphatic heterocycles. The first-order valence-corrected chi connectivity index (χ1v) is 8.20. The van der Waals surface area contributed by atoms with Gasteiger partial charge >= 0.3 is 12.0 Å². The average Bonchev–Trinajstić information content (AvgIpc) is 2.97. The van der Waals surface area contributed by atoms with Crippen LogP contribution in [-0.4, -0.2) is 42.5 Å². The van der Waals surface area contributed by atoms with Crippen LogP contribution in [0.4, 0.5) is 4.79 Å². The predicted octanol–water partition coefficient (Wildman–Crippen LogP) is 2.64. The number of carbonyl (C=O) groups excluding carboxylic acids is 3. The molecule has 2 rings (SSSR count). The van der Waals surface area contributed by atoms with Crippen LogP contribution in [0.25, 0.3) is 0 Å². The molecule has 0 unspecified atom stereocenters. The molecule has 0 radical (unpaired) electrons. The molecule has 1 aliphatic rings. The number of imide groups is 1. The lowest BCUT2D eigenvalue weighted by molar-refractivity contribution is -0.130. The number of carbonyl (C=O) groups is 3. The first-order chi connectivity index (χ1) is 11.3. The molecule has 130 valence electrons. The Labute approximate surface area is 142 Å². The molecule has 6 nitrogen and oxygen atoms in total. The lowest BCUT2D eigenvalue weighted by Crippen LogP contribution is -2.37. The lowest BCUT2D eigenvalue weighted by Gasteiger charge is -2.16. The van der Waals surface area contributed by atoms with Crippen molar-refractivity contribution in [1.82, 2.24) is 10.2 Å². The van der Waals surface area contributed by atoms with E-state index >= 15 is 0 Å². The number of ether oxygens (including phenoxy) is 1. The van der Waals surface area contributed by atoms with Crippen molar-refractivity contribution in [2.24, 2.45) is 0 Å². The standard InChI is InChI=1S/C18H24N2O4/c1-11(2)13-5-6-14(15(9-13)12(3)4)17(22)24-10-16(21)20-8-7-19-18(20)23/h5-6,9,11-12H,7-8,10H2,1-4H3,(H,19,23). The Hall–Kier alpha value is -2.37. The normalized spacial score (nSPS) is 14.2. The van der Waals surface area contributed by atoms with Crippen molar-refractivity contribution < 1.29 is 19.1 Å². The SMILES string of the molecule is CC(C)c1ccc(C(=O)OCC(=O)N2CCNC2=O)c(C(C)C)c1. The van der Waals surface area contributed by atoms with Gasteiger partial charge < -0.3 is 10.1 Å². The minimum Gasteiger partial charge on any atom is -0.452 e. The summed E-state index contributed by atoms with van der Waals surface area (Å²) in [5.74, 6) is -0.528. The van der Waals surface area contributed by atoms with Crippen molar-refractivity contribution in [1.29, 1.82) is 0 Å². The van der Waals surface area contributed by atoms with Crippen LogP contribution in [-0.2, 0) is 9.53 Å². The number of nitrogens with zero attached hydrogens (tertiary/aromatic N) is 1. The summed E-state index contributed by atoms with van der Waals surface area (Å²) in [6.45, 7) is 8.50. The van der Waals surface area contributed by atoms with Crippen LogP contribution in [0.15, 0.2) is 18.2 Å². The molecule has 0 aromatic heterocycles. The van der Waals surface area contributed by atoms with Crippen molar-refractivity contribution in [3.05, 3.63) is 34.9 Å². The van der Waals surface area contributed by atoms with Crippen molar-refractivity contribution in [3.8, 4) is 0 Å².